The van der Waals surface area contributed by atoms with Crippen LogP contribution in [-0.4, -0.2) is 22.6 Å². The van der Waals surface area contributed by atoms with Gasteiger partial charge in [-0.2, -0.15) is 5.10 Å². The van der Waals surface area contributed by atoms with Crippen LogP contribution >= 0.6 is 11.6 Å². The normalized spacial score (nSPS) is 17.4. The Morgan fingerprint density at radius 1 is 1.40 bits per heavy atom. The van der Waals surface area contributed by atoms with Crippen molar-refractivity contribution in [3.05, 3.63) is 46.2 Å². The Balaban J connectivity index is 1.65. The van der Waals surface area contributed by atoms with Gasteiger partial charge in [0, 0.05) is 28.9 Å². The molecule has 20 heavy (non-hydrogen) atoms. The fourth-order valence-electron chi connectivity index (χ4n) is 2.79. The van der Waals surface area contributed by atoms with Crippen molar-refractivity contribution in [3.8, 4) is 0 Å². The van der Waals surface area contributed by atoms with Gasteiger partial charge in [0.2, 0.25) is 0 Å². The average molecular weight is 288 g/mol. The van der Waals surface area contributed by atoms with E-state index in [-0.39, 0.29) is 5.91 Å². The van der Waals surface area contributed by atoms with Crippen molar-refractivity contribution in [3.63, 3.8) is 0 Å². The van der Waals surface area contributed by atoms with E-state index in [1.165, 1.54) is 12.8 Å². The number of anilines is 1. The zero-order chi connectivity index (χ0) is 13.7. The first kappa shape index (κ1) is 12.0. The number of fused-ring (bicyclic) bond motifs is 1. The number of halogens is 1. The molecule has 1 aromatic heterocycles. The second kappa shape index (κ2) is 4.35. The maximum Gasteiger partial charge on any atom is 0.278 e. The summed E-state index contributed by atoms with van der Waals surface area (Å²) in [5.74, 6) is 0.526. The van der Waals surface area contributed by atoms with Crippen LogP contribution in [0.1, 0.15) is 40.5 Å². The van der Waals surface area contributed by atoms with Crippen molar-refractivity contribution in [1.29, 1.82) is 0 Å². The summed E-state index contributed by atoms with van der Waals surface area (Å²) in [5.41, 5.74) is 3.55. The predicted molar refractivity (Wildman–Crippen MR) is 77.4 cm³/mol. The number of hydrogen-bond donors (Lipinski definition) is 1. The van der Waals surface area contributed by atoms with E-state index in [1.54, 1.807) is 4.90 Å². The molecule has 1 fully saturated rings. The molecule has 0 atom stereocenters. The van der Waals surface area contributed by atoms with Crippen molar-refractivity contribution < 1.29 is 4.79 Å². The summed E-state index contributed by atoms with van der Waals surface area (Å²) < 4.78 is 0. The van der Waals surface area contributed by atoms with E-state index >= 15 is 0 Å². The lowest BCUT2D eigenvalue weighted by Gasteiger charge is -2.15. The lowest BCUT2D eigenvalue weighted by atomic mass is 10.2. The number of carbonyl (C=O) groups is 1. The Kier molecular flexibility index (Phi) is 2.60. The Morgan fingerprint density at radius 3 is 3.05 bits per heavy atom. The van der Waals surface area contributed by atoms with Gasteiger partial charge in [-0.1, -0.05) is 17.7 Å². The molecule has 1 aromatic carbocycles. The van der Waals surface area contributed by atoms with Gasteiger partial charge in [-0.3, -0.25) is 9.89 Å². The van der Waals surface area contributed by atoms with Crippen molar-refractivity contribution in [2.45, 2.75) is 25.2 Å². The molecule has 2 aliphatic rings. The summed E-state index contributed by atoms with van der Waals surface area (Å²) in [7, 11) is 0. The summed E-state index contributed by atoms with van der Waals surface area (Å²) in [6.45, 7) is 0.670. The molecular formula is C15H14ClN3O. The first-order chi connectivity index (χ1) is 9.74. The molecule has 1 aliphatic heterocycles. The zero-order valence-corrected chi connectivity index (χ0v) is 11.7. The van der Waals surface area contributed by atoms with Gasteiger partial charge in [0.05, 0.1) is 0 Å². The lowest BCUT2D eigenvalue weighted by Crippen LogP contribution is -2.29. The number of amides is 1. The maximum atomic E-state index is 12.6. The topological polar surface area (TPSA) is 49.0 Å². The molecule has 1 N–H and O–H groups in total. The molecule has 4 rings (SSSR count). The number of rotatable bonds is 2. The quantitative estimate of drug-likeness (QED) is 0.922. The number of aromatic nitrogens is 2. The Morgan fingerprint density at radius 2 is 2.25 bits per heavy atom. The monoisotopic (exact) mass is 287 g/mol. The highest BCUT2D eigenvalue weighted by molar-refractivity contribution is 6.32. The highest BCUT2D eigenvalue weighted by Crippen LogP contribution is 2.39. The molecule has 0 bridgehead atoms. The van der Waals surface area contributed by atoms with E-state index in [1.807, 2.05) is 24.3 Å². The minimum absolute atomic E-state index is 0.0471. The van der Waals surface area contributed by atoms with Crippen LogP contribution < -0.4 is 4.90 Å². The first-order valence-corrected chi connectivity index (χ1v) is 7.26. The van der Waals surface area contributed by atoms with E-state index < -0.39 is 0 Å². The molecule has 1 saturated carbocycles. The van der Waals surface area contributed by atoms with Crippen LogP contribution in [0.25, 0.3) is 0 Å². The van der Waals surface area contributed by atoms with Crippen LogP contribution in [0.4, 0.5) is 5.69 Å². The number of nitrogens with zero attached hydrogens (tertiary/aromatic N) is 2. The van der Waals surface area contributed by atoms with E-state index in [0.29, 0.717) is 18.2 Å². The van der Waals surface area contributed by atoms with Crippen LogP contribution in [0.3, 0.4) is 0 Å². The smallest absolute Gasteiger partial charge is 0.278 e. The van der Waals surface area contributed by atoms with Crippen LogP contribution in [0.2, 0.25) is 5.02 Å². The molecule has 4 nitrogen and oxygen atoms in total. The average Bonchev–Trinajstić information content (AvgIpc) is 3.03. The minimum atomic E-state index is -0.0471. The van der Waals surface area contributed by atoms with Gasteiger partial charge in [-0.05, 0) is 43.0 Å². The summed E-state index contributed by atoms with van der Waals surface area (Å²) >= 11 is 6.18. The SMILES string of the molecule is O=C(c1cc(C2CC2)[nH]n1)N1CCc2c(Cl)cccc21. The van der Waals surface area contributed by atoms with Gasteiger partial charge in [0.15, 0.2) is 5.69 Å². The van der Waals surface area contributed by atoms with Crippen molar-refractivity contribution in [1.82, 2.24) is 10.2 Å². The van der Waals surface area contributed by atoms with Crippen LogP contribution in [-0.2, 0) is 6.42 Å². The zero-order valence-electron chi connectivity index (χ0n) is 10.9. The molecule has 0 spiro atoms. The van der Waals surface area contributed by atoms with E-state index in [0.717, 1.165) is 28.4 Å². The minimum Gasteiger partial charge on any atom is -0.306 e. The molecule has 1 amide bonds. The third-order valence-corrected chi connectivity index (χ3v) is 4.40. The highest BCUT2D eigenvalue weighted by Gasteiger charge is 2.30. The fraction of sp³-hybridized carbons (Fsp3) is 0.333. The summed E-state index contributed by atoms with van der Waals surface area (Å²) in [6, 6.07) is 7.59. The molecule has 2 aromatic rings. The molecular weight excluding hydrogens is 274 g/mol. The van der Waals surface area contributed by atoms with Gasteiger partial charge in [0.1, 0.15) is 0 Å². The molecule has 2 heterocycles. The summed E-state index contributed by atoms with van der Waals surface area (Å²) in [5, 5.41) is 7.89. The molecule has 0 unspecified atom stereocenters. The number of aromatic amines is 1. The largest absolute Gasteiger partial charge is 0.306 e. The number of H-pyrrole nitrogens is 1. The van der Waals surface area contributed by atoms with Crippen molar-refractivity contribution in [2.24, 2.45) is 0 Å². The van der Waals surface area contributed by atoms with E-state index in [2.05, 4.69) is 10.2 Å². The highest BCUT2D eigenvalue weighted by atomic mass is 35.5. The van der Waals surface area contributed by atoms with Gasteiger partial charge >= 0.3 is 0 Å². The van der Waals surface area contributed by atoms with E-state index in [4.69, 9.17) is 11.6 Å². The number of benzene rings is 1. The first-order valence-electron chi connectivity index (χ1n) is 6.88. The van der Waals surface area contributed by atoms with Gasteiger partial charge in [-0.15, -0.1) is 0 Å². The number of carbonyl (C=O) groups excluding carboxylic acids is 1. The van der Waals surface area contributed by atoms with Crippen LogP contribution in [0, 0.1) is 0 Å². The third-order valence-electron chi connectivity index (χ3n) is 4.05. The summed E-state index contributed by atoms with van der Waals surface area (Å²) in [6.07, 6.45) is 3.19. The second-order valence-corrected chi connectivity index (χ2v) is 5.83. The summed E-state index contributed by atoms with van der Waals surface area (Å²) in [4.78, 5) is 14.3. The van der Waals surface area contributed by atoms with Crippen LogP contribution in [0.15, 0.2) is 24.3 Å². The molecule has 0 saturated heterocycles. The van der Waals surface area contributed by atoms with Gasteiger partial charge in [-0.25, -0.2) is 0 Å². The lowest BCUT2D eigenvalue weighted by molar-refractivity contribution is 0.0984. The molecule has 1 aliphatic carbocycles. The van der Waals surface area contributed by atoms with Crippen molar-refractivity contribution >= 4 is 23.2 Å². The van der Waals surface area contributed by atoms with Gasteiger partial charge < -0.3 is 4.90 Å². The molecule has 102 valence electrons. The third kappa shape index (κ3) is 1.83. The molecule has 0 radical (unpaired) electrons. The number of hydrogen-bond acceptors (Lipinski definition) is 2. The molecule has 5 heteroatoms. The van der Waals surface area contributed by atoms with Crippen molar-refractivity contribution in [2.75, 3.05) is 11.4 Å². The predicted octanol–water partition coefficient (Wildman–Crippen LogP) is 3.14. The standard InChI is InChI=1S/C15H14ClN3O/c16-11-2-1-3-14-10(11)6-7-19(14)15(20)13-8-12(17-18-13)9-4-5-9/h1-3,8-9H,4-7H2,(H,17,18). The Bertz CT molecular complexity index is 690. The van der Waals surface area contributed by atoms with Crippen LogP contribution in [0.5, 0.6) is 0 Å². The maximum absolute atomic E-state index is 12.6. The Hall–Kier alpha value is -1.81. The Labute approximate surface area is 121 Å². The van der Waals surface area contributed by atoms with Gasteiger partial charge in [0.25, 0.3) is 5.91 Å². The van der Waals surface area contributed by atoms with E-state index in [9.17, 15) is 4.79 Å². The number of nitrogens with one attached hydrogen (secondary N) is 1. The second-order valence-electron chi connectivity index (χ2n) is 5.43. The fourth-order valence-corrected chi connectivity index (χ4v) is 3.05.